The van der Waals surface area contributed by atoms with Gasteiger partial charge in [0.15, 0.2) is 5.82 Å². The zero-order valence-corrected chi connectivity index (χ0v) is 13.0. The predicted molar refractivity (Wildman–Crippen MR) is 87.8 cm³/mol. The average Bonchev–Trinajstić information content (AvgIpc) is 2.71. The molecular formula is C17H26N4. The molecule has 0 amide bonds. The Balaban J connectivity index is 2.06. The minimum Gasteiger partial charge on any atom is -0.352 e. The summed E-state index contributed by atoms with van der Waals surface area (Å²) >= 11 is 0. The molecule has 2 N–H and O–H groups in total. The van der Waals surface area contributed by atoms with E-state index in [1.807, 2.05) is 0 Å². The highest BCUT2D eigenvalue weighted by atomic mass is 15.3. The number of pyridine rings is 1. The van der Waals surface area contributed by atoms with Crippen LogP contribution in [0.5, 0.6) is 0 Å². The van der Waals surface area contributed by atoms with Crippen molar-refractivity contribution in [2.24, 2.45) is 5.73 Å². The topological polar surface area (TPSA) is 46.6 Å². The number of aromatic nitrogens is 2. The van der Waals surface area contributed by atoms with Crippen LogP contribution in [0.2, 0.25) is 0 Å². The molecule has 1 aliphatic heterocycles. The summed E-state index contributed by atoms with van der Waals surface area (Å²) in [5.74, 6) is 1.17. The maximum atomic E-state index is 5.85. The van der Waals surface area contributed by atoms with Gasteiger partial charge in [0.25, 0.3) is 0 Å². The quantitative estimate of drug-likeness (QED) is 0.940. The van der Waals surface area contributed by atoms with Crippen molar-refractivity contribution in [1.29, 1.82) is 0 Å². The van der Waals surface area contributed by atoms with Crippen molar-refractivity contribution >= 4 is 11.5 Å². The first-order chi connectivity index (χ1) is 10.3. The Morgan fingerprint density at radius 3 is 3.00 bits per heavy atom. The molecule has 0 aliphatic carbocycles. The van der Waals surface area contributed by atoms with Gasteiger partial charge in [-0.05, 0) is 37.9 Å². The largest absolute Gasteiger partial charge is 0.352 e. The number of nitrogens with zero attached hydrogens (tertiary/aromatic N) is 3. The van der Waals surface area contributed by atoms with E-state index in [1.54, 1.807) is 0 Å². The Hall–Kier alpha value is -1.55. The van der Waals surface area contributed by atoms with Crippen LogP contribution < -0.4 is 10.6 Å². The predicted octanol–water partition coefficient (Wildman–Crippen LogP) is 2.99. The van der Waals surface area contributed by atoms with Gasteiger partial charge in [-0.2, -0.15) is 0 Å². The van der Waals surface area contributed by atoms with Crippen LogP contribution in [0.3, 0.4) is 0 Å². The third kappa shape index (κ3) is 2.77. The van der Waals surface area contributed by atoms with Crippen molar-refractivity contribution in [3.05, 3.63) is 30.1 Å². The van der Waals surface area contributed by atoms with Crippen molar-refractivity contribution < 1.29 is 0 Å². The molecule has 1 unspecified atom stereocenters. The van der Waals surface area contributed by atoms with Crippen LogP contribution in [-0.2, 0) is 6.42 Å². The molecule has 1 atom stereocenters. The van der Waals surface area contributed by atoms with Crippen LogP contribution in [0, 0.1) is 0 Å². The average molecular weight is 286 g/mol. The third-order valence-electron chi connectivity index (χ3n) is 4.61. The van der Waals surface area contributed by atoms with E-state index in [9.17, 15) is 0 Å². The summed E-state index contributed by atoms with van der Waals surface area (Å²) in [7, 11) is 0. The first-order valence-electron chi connectivity index (χ1n) is 8.27. The molecule has 0 aromatic carbocycles. The van der Waals surface area contributed by atoms with Crippen LogP contribution in [0.1, 0.15) is 44.7 Å². The van der Waals surface area contributed by atoms with Crippen LogP contribution in [0.25, 0.3) is 5.65 Å². The summed E-state index contributed by atoms with van der Waals surface area (Å²) < 4.78 is 2.21. The lowest BCUT2D eigenvalue weighted by atomic mass is 10.1. The van der Waals surface area contributed by atoms with Gasteiger partial charge < -0.3 is 15.0 Å². The second kappa shape index (κ2) is 6.48. The first-order valence-corrected chi connectivity index (χ1v) is 8.27. The summed E-state index contributed by atoms with van der Waals surface area (Å²) in [6, 6.07) is 6.83. The first kappa shape index (κ1) is 14.4. The highest BCUT2D eigenvalue weighted by Crippen LogP contribution is 2.29. The van der Waals surface area contributed by atoms with Crippen molar-refractivity contribution in [2.45, 2.75) is 51.5 Å². The fraction of sp³-hybridized carbons (Fsp3) is 0.588. The van der Waals surface area contributed by atoms with Gasteiger partial charge in [-0.15, -0.1) is 0 Å². The second-order valence-corrected chi connectivity index (χ2v) is 5.95. The Morgan fingerprint density at radius 1 is 1.29 bits per heavy atom. The Morgan fingerprint density at radius 2 is 2.19 bits per heavy atom. The lowest BCUT2D eigenvalue weighted by Gasteiger charge is -2.30. The number of hydrogen-bond acceptors (Lipinski definition) is 3. The highest BCUT2D eigenvalue weighted by molar-refractivity contribution is 5.56. The molecule has 1 saturated heterocycles. The molecule has 0 spiro atoms. The normalized spacial score (nSPS) is 19.9. The van der Waals surface area contributed by atoms with E-state index in [0.29, 0.717) is 12.6 Å². The van der Waals surface area contributed by atoms with Gasteiger partial charge in [0, 0.05) is 25.2 Å². The fourth-order valence-electron chi connectivity index (χ4n) is 3.51. The number of rotatable bonds is 4. The number of imidazole rings is 1. The summed E-state index contributed by atoms with van der Waals surface area (Å²) in [6.07, 6.45) is 9.42. The van der Waals surface area contributed by atoms with Crippen LogP contribution >= 0.6 is 0 Å². The molecule has 0 radical (unpaired) electrons. The van der Waals surface area contributed by atoms with Crippen molar-refractivity contribution in [3.63, 3.8) is 0 Å². The molecular weight excluding hydrogens is 260 g/mol. The molecule has 3 heterocycles. The van der Waals surface area contributed by atoms with E-state index in [0.717, 1.165) is 18.6 Å². The van der Waals surface area contributed by atoms with Crippen molar-refractivity contribution in [3.8, 4) is 0 Å². The van der Waals surface area contributed by atoms with E-state index in [1.165, 1.54) is 43.6 Å². The SMILES string of the molecule is CCC1CCCCCN1c1nc2ccccn2c1CCN. The summed E-state index contributed by atoms with van der Waals surface area (Å²) in [6.45, 7) is 4.08. The molecule has 21 heavy (non-hydrogen) atoms. The monoisotopic (exact) mass is 286 g/mol. The minimum atomic E-state index is 0.619. The molecule has 0 saturated carbocycles. The molecule has 2 aromatic heterocycles. The standard InChI is InChI=1S/C17H26N4/c1-2-14-8-4-3-6-12-20(14)17-15(10-11-18)21-13-7-5-9-16(21)19-17/h5,7,9,13-14H,2-4,6,8,10-12,18H2,1H3. The number of nitrogens with two attached hydrogens (primary N) is 1. The van der Waals surface area contributed by atoms with Gasteiger partial charge in [0.1, 0.15) is 5.65 Å². The second-order valence-electron chi connectivity index (χ2n) is 5.95. The summed E-state index contributed by atoms with van der Waals surface area (Å²) in [5.41, 5.74) is 8.16. The lowest BCUT2D eigenvalue weighted by molar-refractivity contribution is 0.551. The van der Waals surface area contributed by atoms with E-state index in [2.05, 4.69) is 40.6 Å². The Kier molecular flexibility index (Phi) is 4.44. The summed E-state index contributed by atoms with van der Waals surface area (Å²) in [5, 5.41) is 0. The molecule has 114 valence electrons. The molecule has 4 heteroatoms. The molecule has 2 aromatic rings. The zero-order chi connectivity index (χ0) is 14.7. The molecule has 0 bridgehead atoms. The molecule has 1 aliphatic rings. The van der Waals surface area contributed by atoms with Gasteiger partial charge in [-0.25, -0.2) is 4.98 Å². The third-order valence-corrected chi connectivity index (χ3v) is 4.61. The van der Waals surface area contributed by atoms with Gasteiger partial charge in [-0.3, -0.25) is 0 Å². The Labute approximate surface area is 127 Å². The zero-order valence-electron chi connectivity index (χ0n) is 13.0. The van der Waals surface area contributed by atoms with Crippen LogP contribution in [-0.4, -0.2) is 28.5 Å². The lowest BCUT2D eigenvalue weighted by Crippen LogP contribution is -2.35. The fourth-order valence-corrected chi connectivity index (χ4v) is 3.51. The smallest absolute Gasteiger partial charge is 0.151 e. The van der Waals surface area contributed by atoms with Crippen LogP contribution in [0.15, 0.2) is 24.4 Å². The minimum absolute atomic E-state index is 0.619. The molecule has 1 fully saturated rings. The molecule has 3 rings (SSSR count). The molecule has 4 nitrogen and oxygen atoms in total. The van der Waals surface area contributed by atoms with Crippen LogP contribution in [0.4, 0.5) is 5.82 Å². The summed E-state index contributed by atoms with van der Waals surface area (Å²) in [4.78, 5) is 7.47. The van der Waals surface area contributed by atoms with E-state index < -0.39 is 0 Å². The van der Waals surface area contributed by atoms with E-state index in [-0.39, 0.29) is 0 Å². The number of anilines is 1. The number of hydrogen-bond donors (Lipinski definition) is 1. The Bertz CT molecular complexity index is 589. The highest BCUT2D eigenvalue weighted by Gasteiger charge is 2.25. The van der Waals surface area contributed by atoms with E-state index in [4.69, 9.17) is 10.7 Å². The van der Waals surface area contributed by atoms with Gasteiger partial charge >= 0.3 is 0 Å². The van der Waals surface area contributed by atoms with Crippen molar-refractivity contribution in [1.82, 2.24) is 9.38 Å². The van der Waals surface area contributed by atoms with Gasteiger partial charge in [0.2, 0.25) is 0 Å². The van der Waals surface area contributed by atoms with Gasteiger partial charge in [0.05, 0.1) is 5.69 Å². The maximum Gasteiger partial charge on any atom is 0.151 e. The number of fused-ring (bicyclic) bond motifs is 1. The van der Waals surface area contributed by atoms with Crippen molar-refractivity contribution in [2.75, 3.05) is 18.0 Å². The maximum absolute atomic E-state index is 5.85. The van der Waals surface area contributed by atoms with E-state index >= 15 is 0 Å². The van der Waals surface area contributed by atoms with Gasteiger partial charge in [-0.1, -0.05) is 25.8 Å².